The van der Waals surface area contributed by atoms with Crippen molar-refractivity contribution < 1.29 is 39.9 Å². The summed E-state index contributed by atoms with van der Waals surface area (Å²) < 4.78 is 99.2. The molecule has 1 aromatic carbocycles. The highest BCUT2D eigenvalue weighted by molar-refractivity contribution is 5.94. The largest absolute Gasteiger partial charge is 0.405 e. The Labute approximate surface area is 99.6 Å². The fourth-order valence-corrected chi connectivity index (χ4v) is 1.07. The van der Waals surface area contributed by atoms with Gasteiger partial charge in [-0.15, -0.1) is 0 Å². The van der Waals surface area contributed by atoms with Gasteiger partial charge in [-0.3, -0.25) is 4.79 Å². The summed E-state index contributed by atoms with van der Waals surface area (Å²) in [6.07, 6.45) is -4.90. The molecule has 0 radical (unpaired) electrons. The molecule has 0 saturated carbocycles. The third kappa shape index (κ3) is 3.12. The third-order valence-corrected chi connectivity index (χ3v) is 1.89. The van der Waals surface area contributed by atoms with Crippen LogP contribution in [0.5, 0.6) is 0 Å². The summed E-state index contributed by atoms with van der Waals surface area (Å²) in [6, 6.07) is 0. The van der Waals surface area contributed by atoms with Crippen LogP contribution in [0, 0.1) is 29.1 Å². The van der Waals surface area contributed by atoms with E-state index in [0.717, 1.165) is 5.32 Å². The van der Waals surface area contributed by atoms with Crippen LogP contribution in [0.15, 0.2) is 0 Å². The van der Waals surface area contributed by atoms with Crippen molar-refractivity contribution in [1.29, 1.82) is 0 Å². The van der Waals surface area contributed by atoms with Crippen molar-refractivity contribution in [3.05, 3.63) is 34.6 Å². The molecule has 0 heterocycles. The maximum Gasteiger partial charge on any atom is 0.405 e. The van der Waals surface area contributed by atoms with E-state index in [1.165, 1.54) is 0 Å². The van der Waals surface area contributed by atoms with E-state index < -0.39 is 53.3 Å². The summed E-state index contributed by atoms with van der Waals surface area (Å²) in [6.45, 7) is -1.98. The van der Waals surface area contributed by atoms with Crippen LogP contribution in [0.2, 0.25) is 0 Å². The van der Waals surface area contributed by atoms with E-state index in [1.54, 1.807) is 0 Å². The number of carbonyl (C=O) groups is 1. The Morgan fingerprint density at radius 1 is 0.842 bits per heavy atom. The average Bonchev–Trinajstić information content (AvgIpc) is 2.31. The molecule has 0 aliphatic heterocycles. The van der Waals surface area contributed by atoms with Crippen molar-refractivity contribution in [2.24, 2.45) is 0 Å². The zero-order chi connectivity index (χ0) is 15.0. The van der Waals surface area contributed by atoms with Gasteiger partial charge in [-0.1, -0.05) is 0 Å². The van der Waals surface area contributed by atoms with Gasteiger partial charge in [0.2, 0.25) is 5.82 Å². The van der Waals surface area contributed by atoms with Crippen LogP contribution >= 0.6 is 0 Å². The molecule has 0 fully saturated rings. The number of amides is 1. The van der Waals surface area contributed by atoms with Gasteiger partial charge in [0.05, 0.1) is 0 Å². The Balaban J connectivity index is 3.18. The molecule has 0 bridgehead atoms. The predicted octanol–water partition coefficient (Wildman–Crippen LogP) is 2.67. The van der Waals surface area contributed by atoms with Gasteiger partial charge in [-0.2, -0.15) is 13.2 Å². The van der Waals surface area contributed by atoms with Gasteiger partial charge in [0.15, 0.2) is 23.3 Å². The minimum atomic E-state index is -4.90. The van der Waals surface area contributed by atoms with Gasteiger partial charge in [0.1, 0.15) is 12.1 Å². The van der Waals surface area contributed by atoms with Crippen LogP contribution in [-0.4, -0.2) is 18.6 Å². The maximum atomic E-state index is 13.0. The zero-order valence-electron chi connectivity index (χ0n) is 8.64. The smallest absolute Gasteiger partial charge is 0.343 e. The van der Waals surface area contributed by atoms with Crippen LogP contribution in [0.1, 0.15) is 10.4 Å². The van der Waals surface area contributed by atoms with Gasteiger partial charge < -0.3 is 5.32 Å². The molecule has 2 nitrogen and oxygen atoms in total. The Morgan fingerprint density at radius 3 is 1.58 bits per heavy atom. The quantitative estimate of drug-likeness (QED) is 0.507. The van der Waals surface area contributed by atoms with Crippen LogP contribution in [0.25, 0.3) is 0 Å². The maximum absolute atomic E-state index is 13.0. The van der Waals surface area contributed by atoms with Crippen LogP contribution in [0.4, 0.5) is 35.1 Å². The summed E-state index contributed by atoms with van der Waals surface area (Å²) in [4.78, 5) is 11.0. The SMILES string of the molecule is O=C(NCC(F)(F)F)c1c(F)c(F)c(F)c(F)c1F. The molecule has 106 valence electrons. The normalized spacial score (nSPS) is 11.6. The fourth-order valence-electron chi connectivity index (χ4n) is 1.07. The molecule has 0 aromatic heterocycles. The van der Waals surface area contributed by atoms with Gasteiger partial charge in [-0.05, 0) is 0 Å². The lowest BCUT2D eigenvalue weighted by Crippen LogP contribution is -2.35. The molecule has 1 N–H and O–H groups in total. The number of carbonyl (C=O) groups excluding carboxylic acids is 1. The number of hydrogen-bond donors (Lipinski definition) is 1. The Morgan fingerprint density at radius 2 is 1.21 bits per heavy atom. The molecule has 0 spiro atoms. The van der Waals surface area contributed by atoms with Crippen molar-refractivity contribution in [2.75, 3.05) is 6.54 Å². The van der Waals surface area contributed by atoms with E-state index in [1.807, 2.05) is 0 Å². The molecular formula is C9H3F8NO. The van der Waals surface area contributed by atoms with E-state index in [0.29, 0.717) is 0 Å². The number of hydrogen-bond acceptors (Lipinski definition) is 1. The standard InChI is InChI=1S/C9H3F8NO/c10-3-2(8(19)18-1-9(15,16)17)4(11)6(13)7(14)5(3)12/h1H2,(H,18,19). The fraction of sp³-hybridized carbons (Fsp3) is 0.222. The predicted molar refractivity (Wildman–Crippen MR) is 44.6 cm³/mol. The summed E-state index contributed by atoms with van der Waals surface area (Å²) in [7, 11) is 0. The van der Waals surface area contributed by atoms with Crippen molar-refractivity contribution in [1.82, 2.24) is 5.32 Å². The summed E-state index contributed by atoms with van der Waals surface area (Å²) >= 11 is 0. The minimum absolute atomic E-state index is 0.995. The van der Waals surface area contributed by atoms with Crippen LogP contribution < -0.4 is 5.32 Å². The first-order chi connectivity index (χ1) is 8.56. The molecule has 1 rings (SSSR count). The molecule has 0 atom stereocenters. The summed E-state index contributed by atoms with van der Waals surface area (Å²) in [5.41, 5.74) is -1.97. The summed E-state index contributed by atoms with van der Waals surface area (Å²) in [5.74, 6) is -14.4. The molecule has 10 heteroatoms. The molecule has 0 unspecified atom stereocenters. The Bertz CT molecular complexity index is 495. The molecule has 0 aliphatic carbocycles. The molecule has 1 aromatic rings. The molecule has 0 aliphatic rings. The lowest BCUT2D eigenvalue weighted by atomic mass is 10.1. The van der Waals surface area contributed by atoms with E-state index in [2.05, 4.69) is 0 Å². The van der Waals surface area contributed by atoms with Crippen molar-refractivity contribution >= 4 is 5.91 Å². The van der Waals surface area contributed by atoms with Gasteiger partial charge in [0.25, 0.3) is 5.91 Å². The highest BCUT2D eigenvalue weighted by Crippen LogP contribution is 2.23. The van der Waals surface area contributed by atoms with Crippen molar-refractivity contribution in [2.45, 2.75) is 6.18 Å². The lowest BCUT2D eigenvalue weighted by molar-refractivity contribution is -0.123. The highest BCUT2D eigenvalue weighted by atomic mass is 19.4. The van der Waals surface area contributed by atoms with E-state index in [9.17, 15) is 39.9 Å². The third-order valence-electron chi connectivity index (χ3n) is 1.89. The van der Waals surface area contributed by atoms with Crippen LogP contribution in [0.3, 0.4) is 0 Å². The zero-order valence-corrected chi connectivity index (χ0v) is 8.64. The number of rotatable bonds is 2. The number of benzene rings is 1. The first-order valence-electron chi connectivity index (χ1n) is 4.42. The molecule has 19 heavy (non-hydrogen) atoms. The van der Waals surface area contributed by atoms with Crippen LogP contribution in [-0.2, 0) is 0 Å². The second-order valence-corrected chi connectivity index (χ2v) is 3.24. The number of halogens is 8. The second kappa shape index (κ2) is 5.02. The topological polar surface area (TPSA) is 29.1 Å². The number of nitrogens with one attached hydrogen (secondary N) is 1. The molecule has 0 saturated heterocycles. The highest BCUT2D eigenvalue weighted by Gasteiger charge is 2.32. The monoisotopic (exact) mass is 293 g/mol. The van der Waals surface area contributed by atoms with Crippen molar-refractivity contribution in [3.8, 4) is 0 Å². The van der Waals surface area contributed by atoms with E-state index in [4.69, 9.17) is 0 Å². The van der Waals surface area contributed by atoms with Gasteiger partial charge in [-0.25, -0.2) is 22.0 Å². The molecule has 1 amide bonds. The van der Waals surface area contributed by atoms with E-state index >= 15 is 0 Å². The Kier molecular flexibility index (Phi) is 4.01. The molecular weight excluding hydrogens is 290 g/mol. The first kappa shape index (κ1) is 15.2. The van der Waals surface area contributed by atoms with Gasteiger partial charge >= 0.3 is 6.18 Å². The minimum Gasteiger partial charge on any atom is -0.343 e. The second-order valence-electron chi connectivity index (χ2n) is 3.24. The van der Waals surface area contributed by atoms with Crippen molar-refractivity contribution in [3.63, 3.8) is 0 Å². The van der Waals surface area contributed by atoms with Gasteiger partial charge in [0, 0.05) is 0 Å². The lowest BCUT2D eigenvalue weighted by Gasteiger charge is -2.10. The summed E-state index contributed by atoms with van der Waals surface area (Å²) in [5, 5.41) is 0.995. The number of alkyl halides is 3. The Hall–Kier alpha value is -1.87. The average molecular weight is 293 g/mol. The van der Waals surface area contributed by atoms with E-state index in [-0.39, 0.29) is 0 Å². The first-order valence-corrected chi connectivity index (χ1v) is 4.42.